The fourth-order valence-corrected chi connectivity index (χ4v) is 1.56. The molecule has 90 valence electrons. The molecule has 1 heterocycles. The van der Waals surface area contributed by atoms with E-state index in [0.717, 1.165) is 0 Å². The Morgan fingerprint density at radius 3 is 2.82 bits per heavy atom. The van der Waals surface area contributed by atoms with Crippen LogP contribution < -0.4 is 0 Å². The van der Waals surface area contributed by atoms with Crippen LogP contribution in [-0.4, -0.2) is 34.6 Å². The normalized spacial score (nSPS) is 11.7. The molecule has 0 saturated heterocycles. The van der Waals surface area contributed by atoms with E-state index in [4.69, 9.17) is 28.5 Å². The average molecular weight is 273 g/mol. The van der Waals surface area contributed by atoms with Gasteiger partial charge in [0.2, 0.25) is 0 Å². The summed E-state index contributed by atoms with van der Waals surface area (Å²) in [4.78, 5) is 13.4. The Morgan fingerprint density at radius 1 is 1.59 bits per heavy atom. The van der Waals surface area contributed by atoms with Crippen molar-refractivity contribution in [2.45, 2.75) is 6.92 Å². The molecule has 1 atom stereocenters. The second-order valence-electron chi connectivity index (χ2n) is 3.59. The van der Waals surface area contributed by atoms with Crippen LogP contribution in [0.5, 0.6) is 0 Å². The van der Waals surface area contributed by atoms with Gasteiger partial charge in [-0.15, -0.1) is 10.2 Å². The molecule has 0 bridgehead atoms. The Balaban J connectivity index is 2.89. The summed E-state index contributed by atoms with van der Waals surface area (Å²) in [6, 6.07) is 3.40. The molecule has 1 rings (SSSR count). The lowest BCUT2D eigenvalue weighted by Gasteiger charge is -2.18. The minimum Gasteiger partial charge on any atom is -0.340 e. The molecule has 5 nitrogen and oxygen atoms in total. The highest BCUT2D eigenvalue weighted by atomic mass is 35.5. The van der Waals surface area contributed by atoms with E-state index >= 15 is 0 Å². The van der Waals surface area contributed by atoms with E-state index in [1.54, 1.807) is 14.0 Å². The average Bonchev–Trinajstić information content (AvgIpc) is 2.31. The van der Waals surface area contributed by atoms with Crippen LogP contribution in [0.2, 0.25) is 10.3 Å². The highest BCUT2D eigenvalue weighted by molar-refractivity contribution is 6.34. The SMILES string of the molecule is CC(C#N)CN(C)C(=O)c1cc(Cl)nnc1Cl. The van der Waals surface area contributed by atoms with Crippen molar-refractivity contribution in [2.75, 3.05) is 13.6 Å². The maximum absolute atomic E-state index is 12.0. The largest absolute Gasteiger partial charge is 0.340 e. The Hall–Kier alpha value is -1.38. The number of hydrogen-bond acceptors (Lipinski definition) is 4. The van der Waals surface area contributed by atoms with Crippen molar-refractivity contribution >= 4 is 29.1 Å². The first-order valence-electron chi connectivity index (χ1n) is 4.79. The summed E-state index contributed by atoms with van der Waals surface area (Å²) in [7, 11) is 1.58. The van der Waals surface area contributed by atoms with Crippen molar-refractivity contribution in [3.63, 3.8) is 0 Å². The maximum atomic E-state index is 12.0. The van der Waals surface area contributed by atoms with Gasteiger partial charge < -0.3 is 4.90 Å². The van der Waals surface area contributed by atoms with Crippen molar-refractivity contribution in [1.82, 2.24) is 15.1 Å². The van der Waals surface area contributed by atoms with Gasteiger partial charge in [-0.25, -0.2) is 0 Å². The van der Waals surface area contributed by atoms with Crippen LogP contribution in [0.15, 0.2) is 6.07 Å². The lowest BCUT2D eigenvalue weighted by molar-refractivity contribution is 0.0784. The van der Waals surface area contributed by atoms with Crippen LogP contribution in [0.25, 0.3) is 0 Å². The van der Waals surface area contributed by atoms with E-state index in [0.29, 0.717) is 6.54 Å². The zero-order valence-corrected chi connectivity index (χ0v) is 10.8. The van der Waals surface area contributed by atoms with Gasteiger partial charge in [0.1, 0.15) is 0 Å². The van der Waals surface area contributed by atoms with Gasteiger partial charge in [-0.2, -0.15) is 5.26 Å². The van der Waals surface area contributed by atoms with Crippen LogP contribution in [0, 0.1) is 17.2 Å². The number of nitrogens with zero attached hydrogens (tertiary/aromatic N) is 4. The van der Waals surface area contributed by atoms with Crippen molar-refractivity contribution in [3.05, 3.63) is 21.9 Å². The summed E-state index contributed by atoms with van der Waals surface area (Å²) >= 11 is 11.4. The maximum Gasteiger partial charge on any atom is 0.256 e. The van der Waals surface area contributed by atoms with Crippen LogP contribution in [-0.2, 0) is 0 Å². The Bertz CT molecular complexity index is 472. The molecule has 0 saturated carbocycles. The molecule has 1 aromatic rings. The zero-order chi connectivity index (χ0) is 13.0. The van der Waals surface area contributed by atoms with Gasteiger partial charge in [-0.3, -0.25) is 4.79 Å². The predicted molar refractivity (Wildman–Crippen MR) is 63.8 cm³/mol. The van der Waals surface area contributed by atoms with E-state index in [2.05, 4.69) is 10.2 Å². The van der Waals surface area contributed by atoms with E-state index in [1.807, 2.05) is 6.07 Å². The number of hydrogen-bond donors (Lipinski definition) is 0. The number of aromatic nitrogens is 2. The molecular formula is C10H10Cl2N4O. The molecule has 1 amide bonds. The molecule has 1 aromatic heterocycles. The van der Waals surface area contributed by atoms with Gasteiger partial charge in [0.25, 0.3) is 5.91 Å². The first-order chi connectivity index (χ1) is 7.95. The van der Waals surface area contributed by atoms with Crippen molar-refractivity contribution < 1.29 is 4.79 Å². The monoisotopic (exact) mass is 272 g/mol. The second-order valence-corrected chi connectivity index (χ2v) is 4.33. The summed E-state index contributed by atoms with van der Waals surface area (Å²) in [6.07, 6.45) is 0. The Morgan fingerprint density at radius 2 is 2.24 bits per heavy atom. The van der Waals surface area contributed by atoms with Crippen LogP contribution in [0.3, 0.4) is 0 Å². The molecule has 0 spiro atoms. The summed E-state index contributed by atoms with van der Waals surface area (Å²) in [5.74, 6) is -0.595. The molecule has 7 heteroatoms. The number of amides is 1. The fourth-order valence-electron chi connectivity index (χ4n) is 1.24. The summed E-state index contributed by atoms with van der Waals surface area (Å²) in [5.41, 5.74) is 0.180. The van der Waals surface area contributed by atoms with Gasteiger partial charge in [0.15, 0.2) is 10.3 Å². The molecule has 0 fully saturated rings. The number of rotatable bonds is 3. The topological polar surface area (TPSA) is 69.9 Å². The van der Waals surface area contributed by atoms with Gasteiger partial charge in [0, 0.05) is 13.6 Å². The first kappa shape index (κ1) is 13.7. The quantitative estimate of drug-likeness (QED) is 0.844. The number of carbonyl (C=O) groups is 1. The lowest BCUT2D eigenvalue weighted by Crippen LogP contribution is -2.31. The Kier molecular flexibility index (Phi) is 4.67. The van der Waals surface area contributed by atoms with Gasteiger partial charge in [-0.1, -0.05) is 23.2 Å². The minimum atomic E-state index is -0.339. The summed E-state index contributed by atoms with van der Waals surface area (Å²) in [6.45, 7) is 2.04. The molecule has 1 unspecified atom stereocenters. The number of carbonyl (C=O) groups excluding carboxylic acids is 1. The zero-order valence-electron chi connectivity index (χ0n) is 9.31. The molecule has 0 radical (unpaired) electrons. The van der Waals surface area contributed by atoms with Crippen molar-refractivity contribution in [3.8, 4) is 6.07 Å². The third-order valence-electron chi connectivity index (χ3n) is 2.06. The number of halogens is 2. The van der Waals surface area contributed by atoms with Gasteiger partial charge in [0.05, 0.1) is 17.6 Å². The van der Waals surface area contributed by atoms with Gasteiger partial charge >= 0.3 is 0 Å². The highest BCUT2D eigenvalue weighted by Gasteiger charge is 2.18. The standard InChI is InChI=1S/C10H10Cl2N4O/c1-6(4-13)5-16(2)10(17)7-3-8(11)14-15-9(7)12/h3,6H,5H2,1-2H3. The highest BCUT2D eigenvalue weighted by Crippen LogP contribution is 2.17. The second kappa shape index (κ2) is 5.80. The van der Waals surface area contributed by atoms with Crippen LogP contribution in [0.1, 0.15) is 17.3 Å². The molecule has 0 aromatic carbocycles. The van der Waals surface area contributed by atoms with E-state index in [9.17, 15) is 4.79 Å². The third kappa shape index (κ3) is 3.55. The minimum absolute atomic E-state index is 0.00383. The first-order valence-corrected chi connectivity index (χ1v) is 5.55. The van der Waals surface area contributed by atoms with Crippen LogP contribution >= 0.6 is 23.2 Å². The number of nitriles is 1. The summed E-state index contributed by atoms with van der Waals surface area (Å²) in [5, 5.41) is 15.8. The lowest BCUT2D eigenvalue weighted by atomic mass is 10.2. The van der Waals surface area contributed by atoms with E-state index in [-0.39, 0.29) is 27.7 Å². The smallest absolute Gasteiger partial charge is 0.256 e. The summed E-state index contributed by atoms with van der Waals surface area (Å²) < 4.78 is 0. The predicted octanol–water partition coefficient (Wildman–Crippen LogP) is 2.02. The van der Waals surface area contributed by atoms with E-state index in [1.165, 1.54) is 11.0 Å². The third-order valence-corrected chi connectivity index (χ3v) is 2.53. The molecule has 0 N–H and O–H groups in total. The van der Waals surface area contributed by atoms with Gasteiger partial charge in [-0.05, 0) is 13.0 Å². The molecule has 17 heavy (non-hydrogen) atoms. The van der Waals surface area contributed by atoms with Crippen molar-refractivity contribution in [1.29, 1.82) is 5.26 Å². The molecule has 0 aliphatic rings. The molecule has 0 aliphatic heterocycles. The molecule has 0 aliphatic carbocycles. The van der Waals surface area contributed by atoms with Crippen molar-refractivity contribution in [2.24, 2.45) is 5.92 Å². The fraction of sp³-hybridized carbons (Fsp3) is 0.400. The molecular weight excluding hydrogens is 263 g/mol. The Labute approximate surface area is 109 Å². The van der Waals surface area contributed by atoms with E-state index < -0.39 is 0 Å². The van der Waals surface area contributed by atoms with Crippen LogP contribution in [0.4, 0.5) is 0 Å².